The van der Waals surface area contributed by atoms with Crippen LogP contribution in [0.1, 0.15) is 38.7 Å². The van der Waals surface area contributed by atoms with Crippen LogP contribution in [-0.2, 0) is 6.42 Å². The lowest BCUT2D eigenvalue weighted by atomic mass is 9.69. The Morgan fingerprint density at radius 1 is 1.39 bits per heavy atom. The highest BCUT2D eigenvalue weighted by Crippen LogP contribution is 2.39. The van der Waals surface area contributed by atoms with Crippen molar-refractivity contribution < 1.29 is 9.50 Å². The molecular weight excluding hydrogens is 251 g/mol. The molecule has 3 heteroatoms. The van der Waals surface area contributed by atoms with Gasteiger partial charge in [-0.15, -0.1) is 0 Å². The van der Waals surface area contributed by atoms with Gasteiger partial charge in [0.2, 0.25) is 0 Å². The first-order valence-corrected chi connectivity index (χ1v) is 6.95. The van der Waals surface area contributed by atoms with E-state index in [1.165, 1.54) is 6.07 Å². The highest BCUT2D eigenvalue weighted by Gasteiger charge is 2.39. The van der Waals surface area contributed by atoms with Crippen molar-refractivity contribution in [1.82, 2.24) is 0 Å². The van der Waals surface area contributed by atoms with Crippen LogP contribution in [0.5, 0.6) is 0 Å². The van der Waals surface area contributed by atoms with E-state index >= 15 is 0 Å². The van der Waals surface area contributed by atoms with Gasteiger partial charge in [-0.1, -0.05) is 37.9 Å². The van der Waals surface area contributed by atoms with Crippen molar-refractivity contribution in [2.45, 2.75) is 45.1 Å². The quantitative estimate of drug-likeness (QED) is 0.854. The van der Waals surface area contributed by atoms with Crippen LogP contribution in [-0.4, -0.2) is 10.7 Å². The van der Waals surface area contributed by atoms with Crippen LogP contribution in [0.25, 0.3) is 0 Å². The average Bonchev–Trinajstić information content (AvgIpc) is 2.28. The lowest BCUT2D eigenvalue weighted by Crippen LogP contribution is -2.43. The summed E-state index contributed by atoms with van der Waals surface area (Å²) in [5, 5.41) is 11.2. The fraction of sp³-hybridized carbons (Fsp3) is 0.600. The lowest BCUT2D eigenvalue weighted by Gasteiger charge is -2.41. The minimum absolute atomic E-state index is 0.212. The smallest absolute Gasteiger partial charge is 0.127 e. The molecule has 0 aliphatic heterocycles. The van der Waals surface area contributed by atoms with Gasteiger partial charge in [-0.25, -0.2) is 4.39 Å². The van der Waals surface area contributed by atoms with Crippen LogP contribution < -0.4 is 0 Å². The van der Waals surface area contributed by atoms with E-state index in [0.29, 0.717) is 22.9 Å². The summed E-state index contributed by atoms with van der Waals surface area (Å²) in [6, 6.07) is 4.68. The first-order chi connectivity index (χ1) is 8.40. The van der Waals surface area contributed by atoms with Crippen molar-refractivity contribution in [3.05, 3.63) is 34.6 Å². The van der Waals surface area contributed by atoms with Gasteiger partial charge in [-0.2, -0.15) is 0 Å². The van der Waals surface area contributed by atoms with E-state index in [2.05, 4.69) is 13.8 Å². The number of benzene rings is 1. The normalized spacial score (nSPS) is 32.5. The zero-order chi connectivity index (χ0) is 13.3. The zero-order valence-electron chi connectivity index (χ0n) is 10.9. The van der Waals surface area contributed by atoms with E-state index in [0.717, 1.165) is 19.3 Å². The van der Waals surface area contributed by atoms with Gasteiger partial charge in [0.1, 0.15) is 5.82 Å². The van der Waals surface area contributed by atoms with E-state index < -0.39 is 5.60 Å². The monoisotopic (exact) mass is 270 g/mol. The molecule has 1 aromatic rings. The molecule has 0 aromatic heterocycles. The van der Waals surface area contributed by atoms with Crippen LogP contribution in [0.2, 0.25) is 5.02 Å². The molecule has 0 spiro atoms. The maximum absolute atomic E-state index is 13.8. The van der Waals surface area contributed by atoms with Crippen molar-refractivity contribution in [2.24, 2.45) is 11.8 Å². The maximum atomic E-state index is 13.8. The Morgan fingerprint density at radius 3 is 2.78 bits per heavy atom. The molecule has 1 aliphatic carbocycles. The van der Waals surface area contributed by atoms with Crippen LogP contribution in [0, 0.1) is 17.7 Å². The summed E-state index contributed by atoms with van der Waals surface area (Å²) in [6.45, 7) is 4.20. The van der Waals surface area contributed by atoms with Gasteiger partial charge >= 0.3 is 0 Å². The second-order valence-electron chi connectivity index (χ2n) is 5.80. The maximum Gasteiger partial charge on any atom is 0.127 e. The minimum atomic E-state index is -0.785. The second kappa shape index (κ2) is 5.18. The Morgan fingerprint density at radius 2 is 2.11 bits per heavy atom. The molecule has 0 radical (unpaired) electrons. The highest BCUT2D eigenvalue weighted by molar-refractivity contribution is 6.30. The average molecular weight is 271 g/mol. The fourth-order valence-corrected chi connectivity index (χ4v) is 3.11. The van der Waals surface area contributed by atoms with E-state index in [9.17, 15) is 9.50 Å². The van der Waals surface area contributed by atoms with Crippen molar-refractivity contribution in [2.75, 3.05) is 0 Å². The summed E-state index contributed by atoms with van der Waals surface area (Å²) in [5.74, 6) is 0.395. The molecule has 1 nitrogen and oxygen atoms in total. The molecule has 1 aliphatic rings. The molecule has 1 fully saturated rings. The summed E-state index contributed by atoms with van der Waals surface area (Å²) in [5.41, 5.74) is -0.227. The summed E-state index contributed by atoms with van der Waals surface area (Å²) < 4.78 is 13.8. The number of aliphatic hydroxyl groups is 1. The van der Waals surface area contributed by atoms with Crippen LogP contribution in [0.15, 0.2) is 18.2 Å². The molecule has 1 N–H and O–H groups in total. The third-order valence-corrected chi connectivity index (χ3v) is 4.46. The first-order valence-electron chi connectivity index (χ1n) is 6.57. The standard InChI is InChI=1S/C15H20ClFO/c1-10-3-4-11(2)15(18,8-10)9-12-5-6-13(16)7-14(12)17/h5-7,10-11,18H,3-4,8-9H2,1-2H3. The summed E-state index contributed by atoms with van der Waals surface area (Å²) in [7, 11) is 0. The van der Waals surface area contributed by atoms with E-state index in [1.807, 2.05) is 0 Å². The number of hydrogen-bond donors (Lipinski definition) is 1. The third kappa shape index (κ3) is 2.86. The summed E-state index contributed by atoms with van der Waals surface area (Å²) in [6.07, 6.45) is 3.27. The molecule has 3 unspecified atom stereocenters. The predicted octanol–water partition coefficient (Wildman–Crippen LogP) is 4.21. The largest absolute Gasteiger partial charge is 0.389 e. The Bertz CT molecular complexity index is 435. The molecular formula is C15H20ClFO. The first kappa shape index (κ1) is 13.8. The molecule has 0 amide bonds. The van der Waals surface area contributed by atoms with Gasteiger partial charge in [-0.3, -0.25) is 0 Å². The summed E-state index contributed by atoms with van der Waals surface area (Å²) >= 11 is 5.74. The molecule has 1 aromatic carbocycles. The molecule has 18 heavy (non-hydrogen) atoms. The Kier molecular flexibility index (Phi) is 3.98. The lowest BCUT2D eigenvalue weighted by molar-refractivity contribution is -0.0565. The fourth-order valence-electron chi connectivity index (χ4n) is 2.95. The second-order valence-corrected chi connectivity index (χ2v) is 6.24. The van der Waals surface area contributed by atoms with Gasteiger partial charge < -0.3 is 5.11 Å². The SMILES string of the molecule is CC1CCC(C)C(O)(Cc2ccc(Cl)cc2F)C1. The van der Waals surface area contributed by atoms with Gasteiger partial charge in [0.15, 0.2) is 0 Å². The molecule has 1 saturated carbocycles. The van der Waals surface area contributed by atoms with Crippen LogP contribution >= 0.6 is 11.6 Å². The molecule has 0 heterocycles. The van der Waals surface area contributed by atoms with Crippen LogP contribution in [0.4, 0.5) is 4.39 Å². The van der Waals surface area contributed by atoms with Crippen molar-refractivity contribution in [3.63, 3.8) is 0 Å². The zero-order valence-corrected chi connectivity index (χ0v) is 11.7. The molecule has 100 valence electrons. The molecule has 0 saturated heterocycles. The predicted molar refractivity (Wildman–Crippen MR) is 72.2 cm³/mol. The van der Waals surface area contributed by atoms with Gasteiger partial charge in [0.25, 0.3) is 0 Å². The van der Waals surface area contributed by atoms with Gasteiger partial charge in [0.05, 0.1) is 5.60 Å². The van der Waals surface area contributed by atoms with Gasteiger partial charge in [0, 0.05) is 11.4 Å². The molecule has 3 atom stereocenters. The summed E-state index contributed by atoms with van der Waals surface area (Å²) in [4.78, 5) is 0. The van der Waals surface area contributed by atoms with Gasteiger partial charge in [-0.05, 0) is 42.4 Å². The Hall–Kier alpha value is -0.600. The minimum Gasteiger partial charge on any atom is -0.389 e. The molecule has 0 bridgehead atoms. The Labute approximate surface area is 113 Å². The van der Waals surface area contributed by atoms with Crippen molar-refractivity contribution >= 4 is 11.6 Å². The van der Waals surface area contributed by atoms with Crippen molar-refractivity contribution in [3.8, 4) is 0 Å². The topological polar surface area (TPSA) is 20.2 Å². The number of halogens is 2. The van der Waals surface area contributed by atoms with Crippen LogP contribution in [0.3, 0.4) is 0 Å². The van der Waals surface area contributed by atoms with E-state index in [1.54, 1.807) is 12.1 Å². The van der Waals surface area contributed by atoms with Crippen molar-refractivity contribution in [1.29, 1.82) is 0 Å². The number of rotatable bonds is 2. The van der Waals surface area contributed by atoms with E-state index in [4.69, 9.17) is 11.6 Å². The molecule has 2 rings (SSSR count). The highest BCUT2D eigenvalue weighted by atomic mass is 35.5. The van der Waals surface area contributed by atoms with E-state index in [-0.39, 0.29) is 11.7 Å². The number of hydrogen-bond acceptors (Lipinski definition) is 1. The Balaban J connectivity index is 2.20. The third-order valence-electron chi connectivity index (χ3n) is 4.22.